The van der Waals surface area contributed by atoms with Crippen LogP contribution in [0.5, 0.6) is 5.75 Å². The normalized spacial score (nSPS) is 12.2. The van der Waals surface area contributed by atoms with Crippen molar-refractivity contribution in [1.29, 1.82) is 0 Å². The summed E-state index contributed by atoms with van der Waals surface area (Å²) in [5, 5.41) is 19.9. The highest BCUT2D eigenvalue weighted by Crippen LogP contribution is 2.27. The molecule has 35 heavy (non-hydrogen) atoms. The van der Waals surface area contributed by atoms with Gasteiger partial charge in [-0.15, -0.1) is 0 Å². The predicted octanol–water partition coefficient (Wildman–Crippen LogP) is 6.72. The van der Waals surface area contributed by atoms with Crippen molar-refractivity contribution >= 4 is 22.7 Å². The summed E-state index contributed by atoms with van der Waals surface area (Å²) in [5.41, 5.74) is 2.55. The summed E-state index contributed by atoms with van der Waals surface area (Å²) in [6, 6.07) is 25.2. The van der Waals surface area contributed by atoms with Crippen LogP contribution in [0.2, 0.25) is 0 Å². The molecule has 0 heterocycles. The standard InChI is InChI=1S/C15H13FO2.C14H14O3/c1-10(15(17)18)12-7-8-13(14(16)9-12)11-5-3-2-4-6-11;1-9(14(15)16)10-3-4-12-8-13(17-2)6-5-11(12)7-10/h2-10H,1H3,(H,17,18);3-9H,1-2H3,(H,15,16)/t;9-/m.0/s1. The second kappa shape index (κ2) is 11.3. The first-order valence-corrected chi connectivity index (χ1v) is 11.1. The Morgan fingerprint density at radius 3 is 1.86 bits per heavy atom. The minimum atomic E-state index is -0.957. The zero-order chi connectivity index (χ0) is 25.5. The molecule has 0 amide bonds. The summed E-state index contributed by atoms with van der Waals surface area (Å²) in [5.74, 6) is -2.55. The molecular weight excluding hydrogens is 447 g/mol. The van der Waals surface area contributed by atoms with E-state index in [0.717, 1.165) is 27.6 Å². The van der Waals surface area contributed by atoms with Crippen molar-refractivity contribution in [2.75, 3.05) is 7.11 Å². The van der Waals surface area contributed by atoms with Gasteiger partial charge >= 0.3 is 11.9 Å². The van der Waals surface area contributed by atoms with Gasteiger partial charge in [0.25, 0.3) is 0 Å². The van der Waals surface area contributed by atoms with Crippen molar-refractivity contribution in [1.82, 2.24) is 0 Å². The molecular formula is C29H27FO5. The van der Waals surface area contributed by atoms with E-state index in [0.29, 0.717) is 11.1 Å². The van der Waals surface area contributed by atoms with Crippen molar-refractivity contribution < 1.29 is 28.9 Å². The number of hydrogen-bond donors (Lipinski definition) is 2. The van der Waals surface area contributed by atoms with Gasteiger partial charge in [-0.3, -0.25) is 9.59 Å². The minimum Gasteiger partial charge on any atom is -0.497 e. The number of methoxy groups -OCH3 is 1. The first-order chi connectivity index (χ1) is 16.7. The van der Waals surface area contributed by atoms with Crippen molar-refractivity contribution in [3.05, 3.63) is 102 Å². The Morgan fingerprint density at radius 1 is 0.743 bits per heavy atom. The number of carboxylic acids is 2. The molecule has 0 aliphatic rings. The molecule has 0 saturated carbocycles. The first kappa shape index (κ1) is 25.4. The van der Waals surface area contributed by atoms with Crippen molar-refractivity contribution in [3.8, 4) is 16.9 Å². The molecule has 0 fully saturated rings. The summed E-state index contributed by atoms with van der Waals surface area (Å²) in [6.45, 7) is 3.23. The van der Waals surface area contributed by atoms with Crippen molar-refractivity contribution in [2.24, 2.45) is 0 Å². The summed E-state index contributed by atoms with van der Waals surface area (Å²) in [6.07, 6.45) is 0. The van der Waals surface area contributed by atoms with E-state index in [2.05, 4.69) is 0 Å². The lowest BCUT2D eigenvalue weighted by Gasteiger charge is -2.09. The molecule has 1 unspecified atom stereocenters. The smallest absolute Gasteiger partial charge is 0.310 e. The highest BCUT2D eigenvalue weighted by Gasteiger charge is 2.16. The number of aliphatic carboxylic acids is 2. The number of carbonyl (C=O) groups is 2. The third-order valence-electron chi connectivity index (χ3n) is 5.89. The largest absolute Gasteiger partial charge is 0.497 e. The van der Waals surface area contributed by atoms with E-state index in [9.17, 15) is 14.0 Å². The molecule has 4 aromatic rings. The number of hydrogen-bond acceptors (Lipinski definition) is 3. The van der Waals surface area contributed by atoms with E-state index in [1.807, 2.05) is 66.7 Å². The fraction of sp³-hybridized carbons (Fsp3) is 0.172. The quantitative estimate of drug-likeness (QED) is 0.324. The van der Waals surface area contributed by atoms with Crippen LogP contribution in [0.4, 0.5) is 4.39 Å². The lowest BCUT2D eigenvalue weighted by molar-refractivity contribution is -0.139. The summed E-state index contributed by atoms with van der Waals surface area (Å²) >= 11 is 0. The average Bonchev–Trinajstić information content (AvgIpc) is 2.87. The Hall–Kier alpha value is -4.19. The van der Waals surface area contributed by atoms with E-state index in [4.69, 9.17) is 14.9 Å². The number of ether oxygens (including phenoxy) is 1. The van der Waals surface area contributed by atoms with Crippen LogP contribution < -0.4 is 4.74 Å². The number of halogens is 1. The van der Waals surface area contributed by atoms with Gasteiger partial charge < -0.3 is 14.9 Å². The van der Waals surface area contributed by atoms with Crippen LogP contribution in [0.25, 0.3) is 21.9 Å². The summed E-state index contributed by atoms with van der Waals surface area (Å²) in [4.78, 5) is 21.8. The van der Waals surface area contributed by atoms with E-state index in [-0.39, 0.29) is 0 Å². The molecule has 2 atom stereocenters. The van der Waals surface area contributed by atoms with E-state index >= 15 is 0 Å². The molecule has 180 valence electrons. The second-order valence-corrected chi connectivity index (χ2v) is 8.20. The topological polar surface area (TPSA) is 83.8 Å². The molecule has 0 bridgehead atoms. The van der Waals surface area contributed by atoms with Crippen LogP contribution in [-0.4, -0.2) is 29.3 Å². The fourth-order valence-electron chi connectivity index (χ4n) is 3.58. The van der Waals surface area contributed by atoms with Gasteiger partial charge in [-0.2, -0.15) is 0 Å². The third-order valence-corrected chi connectivity index (χ3v) is 5.89. The highest BCUT2D eigenvalue weighted by atomic mass is 19.1. The van der Waals surface area contributed by atoms with E-state index in [1.165, 1.54) is 6.07 Å². The van der Waals surface area contributed by atoms with E-state index < -0.39 is 29.6 Å². The molecule has 0 aromatic heterocycles. The molecule has 0 saturated heterocycles. The van der Waals surface area contributed by atoms with Gasteiger partial charge in [0.15, 0.2) is 0 Å². The van der Waals surface area contributed by atoms with Crippen molar-refractivity contribution in [2.45, 2.75) is 25.7 Å². The molecule has 0 spiro atoms. The Kier molecular flexibility index (Phi) is 8.21. The maximum Gasteiger partial charge on any atom is 0.310 e. The van der Waals surface area contributed by atoms with Gasteiger partial charge in [0.2, 0.25) is 0 Å². The fourth-order valence-corrected chi connectivity index (χ4v) is 3.58. The van der Waals surface area contributed by atoms with Gasteiger partial charge in [-0.1, -0.05) is 66.7 Å². The van der Waals surface area contributed by atoms with Gasteiger partial charge in [0, 0.05) is 5.56 Å². The van der Waals surface area contributed by atoms with Crippen LogP contribution in [0, 0.1) is 5.82 Å². The van der Waals surface area contributed by atoms with Crippen LogP contribution in [-0.2, 0) is 9.59 Å². The number of rotatable bonds is 6. The van der Waals surface area contributed by atoms with Gasteiger partial charge in [0.1, 0.15) is 11.6 Å². The Labute approximate surface area is 203 Å². The van der Waals surface area contributed by atoms with Crippen molar-refractivity contribution in [3.63, 3.8) is 0 Å². The lowest BCUT2D eigenvalue weighted by Crippen LogP contribution is -2.07. The molecule has 6 heteroatoms. The molecule has 4 aromatic carbocycles. The molecule has 5 nitrogen and oxygen atoms in total. The zero-order valence-electron chi connectivity index (χ0n) is 19.7. The van der Waals surface area contributed by atoms with Crippen LogP contribution in [0.15, 0.2) is 84.9 Å². The number of fused-ring (bicyclic) bond motifs is 1. The number of carboxylic acid groups (broad SMARTS) is 2. The minimum absolute atomic E-state index is 0.396. The molecule has 2 N–H and O–H groups in total. The van der Waals surface area contributed by atoms with Gasteiger partial charge in [0.05, 0.1) is 18.9 Å². The Balaban J connectivity index is 0.000000196. The summed E-state index contributed by atoms with van der Waals surface area (Å²) < 4.78 is 19.1. The monoisotopic (exact) mass is 474 g/mol. The maximum atomic E-state index is 14.0. The summed E-state index contributed by atoms with van der Waals surface area (Å²) in [7, 11) is 1.63. The molecule has 0 aliphatic carbocycles. The van der Waals surface area contributed by atoms with Crippen LogP contribution in [0.3, 0.4) is 0 Å². The first-order valence-electron chi connectivity index (χ1n) is 11.1. The lowest BCUT2D eigenvalue weighted by atomic mass is 9.97. The van der Waals surface area contributed by atoms with Crippen LogP contribution in [0.1, 0.15) is 36.8 Å². The predicted molar refractivity (Wildman–Crippen MR) is 134 cm³/mol. The molecule has 4 rings (SSSR count). The molecule has 0 aliphatic heterocycles. The average molecular weight is 475 g/mol. The Bertz CT molecular complexity index is 1330. The SMILES string of the molecule is CC(C(=O)O)c1ccc(-c2ccccc2)c(F)c1.COc1ccc2cc([C@H](C)C(=O)O)ccc2c1. The Morgan fingerprint density at radius 2 is 1.29 bits per heavy atom. The highest BCUT2D eigenvalue weighted by molar-refractivity contribution is 5.86. The maximum absolute atomic E-state index is 14.0. The van der Waals surface area contributed by atoms with Gasteiger partial charge in [-0.25, -0.2) is 4.39 Å². The second-order valence-electron chi connectivity index (χ2n) is 8.20. The van der Waals surface area contributed by atoms with E-state index in [1.54, 1.807) is 33.1 Å². The zero-order valence-corrected chi connectivity index (χ0v) is 19.7. The third kappa shape index (κ3) is 6.23. The molecule has 0 radical (unpaired) electrons. The number of benzene rings is 4. The van der Waals surface area contributed by atoms with Gasteiger partial charge in [-0.05, 0) is 59.5 Å². The van der Waals surface area contributed by atoms with Crippen LogP contribution >= 0.6 is 0 Å².